The quantitative estimate of drug-likeness (QED) is 0.727. The number of nitrogens with one attached hydrogen (secondary N) is 1. The number of hydrogen-bond acceptors (Lipinski definition) is 4. The number of halogens is 1. The Morgan fingerprint density at radius 2 is 2.35 bits per heavy atom. The van der Waals surface area contributed by atoms with E-state index < -0.39 is 11.4 Å². The van der Waals surface area contributed by atoms with Crippen molar-refractivity contribution in [3.05, 3.63) is 24.0 Å². The van der Waals surface area contributed by atoms with Gasteiger partial charge >= 0.3 is 0 Å². The highest BCUT2D eigenvalue weighted by molar-refractivity contribution is 5.92. The molecule has 2 rings (SSSR count). The van der Waals surface area contributed by atoms with Crippen LogP contribution < -0.4 is 11.1 Å². The molecule has 1 fully saturated rings. The molecule has 1 atom stereocenters. The molecule has 1 aromatic rings. The van der Waals surface area contributed by atoms with Gasteiger partial charge in [-0.05, 0) is 44.5 Å². The van der Waals surface area contributed by atoms with Crippen LogP contribution >= 0.6 is 0 Å². The van der Waals surface area contributed by atoms with Crippen LogP contribution in [0.3, 0.4) is 0 Å². The Morgan fingerprint density at radius 3 is 3.05 bits per heavy atom. The molecule has 1 aliphatic heterocycles. The number of β-amino-alcohol motifs (C(OH)–C–C–N with tert-alkyl or cyclic N) is 1. The van der Waals surface area contributed by atoms with Crippen molar-refractivity contribution < 1.29 is 14.3 Å². The van der Waals surface area contributed by atoms with Gasteiger partial charge in [0, 0.05) is 12.2 Å². The van der Waals surface area contributed by atoms with Gasteiger partial charge in [-0.15, -0.1) is 0 Å². The fourth-order valence-electron chi connectivity index (χ4n) is 2.49. The third-order valence-corrected chi connectivity index (χ3v) is 3.39. The lowest BCUT2D eigenvalue weighted by atomic mass is 9.95. The lowest BCUT2D eigenvalue weighted by Gasteiger charge is -2.36. The van der Waals surface area contributed by atoms with E-state index in [2.05, 4.69) is 5.32 Å². The average molecular weight is 281 g/mol. The number of piperidine rings is 1. The molecule has 1 aliphatic rings. The van der Waals surface area contributed by atoms with E-state index in [0.717, 1.165) is 19.4 Å². The Balaban J connectivity index is 1.94. The van der Waals surface area contributed by atoms with E-state index in [1.54, 1.807) is 6.92 Å². The van der Waals surface area contributed by atoms with Crippen LogP contribution in [0, 0.1) is 5.82 Å². The molecule has 0 saturated carbocycles. The summed E-state index contributed by atoms with van der Waals surface area (Å²) < 4.78 is 13.5. The van der Waals surface area contributed by atoms with Crippen LogP contribution in [0.4, 0.5) is 15.8 Å². The van der Waals surface area contributed by atoms with Crippen molar-refractivity contribution in [1.82, 2.24) is 4.90 Å². The second-order valence-corrected chi connectivity index (χ2v) is 5.60. The summed E-state index contributed by atoms with van der Waals surface area (Å²) in [4.78, 5) is 13.8. The molecule has 0 aliphatic carbocycles. The van der Waals surface area contributed by atoms with Crippen LogP contribution in [0.2, 0.25) is 0 Å². The highest BCUT2D eigenvalue weighted by Crippen LogP contribution is 2.21. The molecular formula is C14H20FN3O2. The van der Waals surface area contributed by atoms with Gasteiger partial charge in [-0.1, -0.05) is 0 Å². The number of nitrogen functional groups attached to an aromatic ring is 1. The second-order valence-electron chi connectivity index (χ2n) is 5.60. The number of carbonyl (C=O) groups is 1. The van der Waals surface area contributed by atoms with Gasteiger partial charge in [0.25, 0.3) is 0 Å². The summed E-state index contributed by atoms with van der Waals surface area (Å²) in [6.07, 6.45) is 1.57. The molecular weight excluding hydrogens is 261 g/mol. The number of hydrogen-bond donors (Lipinski definition) is 3. The maximum Gasteiger partial charge on any atom is 0.238 e. The van der Waals surface area contributed by atoms with E-state index in [-0.39, 0.29) is 18.1 Å². The molecule has 20 heavy (non-hydrogen) atoms. The minimum absolute atomic E-state index is 0.0822. The standard InChI is InChI=1S/C14H20FN3O2/c1-14(20)5-2-6-18(9-14)8-13(19)17-12-7-10(16)3-4-11(12)15/h3-4,7,20H,2,5-6,8-9,16H2,1H3,(H,17,19). The fourth-order valence-corrected chi connectivity index (χ4v) is 2.49. The van der Waals surface area contributed by atoms with Crippen molar-refractivity contribution in [2.75, 3.05) is 30.7 Å². The summed E-state index contributed by atoms with van der Waals surface area (Å²) in [6, 6.07) is 4.04. The monoisotopic (exact) mass is 281 g/mol. The first-order chi connectivity index (χ1) is 9.35. The number of anilines is 2. The normalized spacial score (nSPS) is 23.6. The first-order valence-corrected chi connectivity index (χ1v) is 6.65. The SMILES string of the molecule is CC1(O)CCCN(CC(=O)Nc2cc(N)ccc2F)C1. The molecule has 5 nitrogen and oxygen atoms in total. The lowest BCUT2D eigenvalue weighted by Crippen LogP contribution is -2.48. The zero-order valence-corrected chi connectivity index (χ0v) is 11.5. The molecule has 6 heteroatoms. The van der Waals surface area contributed by atoms with Gasteiger partial charge in [0.15, 0.2) is 0 Å². The Hall–Kier alpha value is -1.66. The number of benzene rings is 1. The van der Waals surface area contributed by atoms with Gasteiger partial charge in [0.2, 0.25) is 5.91 Å². The van der Waals surface area contributed by atoms with Crippen molar-refractivity contribution in [1.29, 1.82) is 0 Å². The van der Waals surface area contributed by atoms with Gasteiger partial charge in [0.05, 0.1) is 17.8 Å². The van der Waals surface area contributed by atoms with E-state index in [9.17, 15) is 14.3 Å². The molecule has 110 valence electrons. The number of likely N-dealkylation sites (tertiary alicyclic amines) is 1. The zero-order valence-electron chi connectivity index (χ0n) is 11.5. The number of nitrogens with zero attached hydrogens (tertiary/aromatic N) is 1. The Morgan fingerprint density at radius 1 is 1.60 bits per heavy atom. The number of rotatable bonds is 3. The number of aliphatic hydroxyl groups is 1. The third kappa shape index (κ3) is 3.91. The van der Waals surface area contributed by atoms with Gasteiger partial charge in [-0.25, -0.2) is 4.39 Å². The van der Waals surface area contributed by atoms with Gasteiger partial charge in [-0.3, -0.25) is 9.69 Å². The largest absolute Gasteiger partial charge is 0.399 e. The Labute approximate surface area is 117 Å². The molecule has 0 aromatic heterocycles. The van der Waals surface area contributed by atoms with Gasteiger partial charge < -0.3 is 16.2 Å². The van der Waals surface area contributed by atoms with E-state index in [1.807, 2.05) is 4.90 Å². The fraction of sp³-hybridized carbons (Fsp3) is 0.500. The summed E-state index contributed by atoms with van der Waals surface area (Å²) >= 11 is 0. The van der Waals surface area contributed by atoms with Gasteiger partial charge in [-0.2, -0.15) is 0 Å². The minimum atomic E-state index is -0.763. The summed E-state index contributed by atoms with van der Waals surface area (Å²) in [5.74, 6) is -0.828. The van der Waals surface area contributed by atoms with Crippen LogP contribution in [0.25, 0.3) is 0 Å². The van der Waals surface area contributed by atoms with Gasteiger partial charge in [0.1, 0.15) is 5.82 Å². The molecule has 0 spiro atoms. The maximum atomic E-state index is 13.5. The van der Waals surface area contributed by atoms with E-state index in [1.165, 1.54) is 18.2 Å². The van der Waals surface area contributed by atoms with E-state index in [4.69, 9.17) is 5.73 Å². The van der Waals surface area contributed by atoms with Crippen molar-refractivity contribution in [2.24, 2.45) is 0 Å². The Bertz CT molecular complexity index is 505. The van der Waals surface area contributed by atoms with E-state index in [0.29, 0.717) is 12.2 Å². The van der Waals surface area contributed by atoms with E-state index >= 15 is 0 Å². The molecule has 1 unspecified atom stereocenters. The zero-order chi connectivity index (χ0) is 14.8. The highest BCUT2D eigenvalue weighted by atomic mass is 19.1. The number of nitrogens with two attached hydrogens (primary N) is 1. The maximum absolute atomic E-state index is 13.5. The van der Waals surface area contributed by atoms with Crippen molar-refractivity contribution >= 4 is 17.3 Å². The second kappa shape index (κ2) is 5.76. The predicted octanol–water partition coefficient (Wildman–Crippen LogP) is 1.19. The van der Waals surface area contributed by atoms with Crippen LogP contribution in [-0.4, -0.2) is 41.1 Å². The van der Waals surface area contributed by atoms with Crippen LogP contribution in [0.5, 0.6) is 0 Å². The predicted molar refractivity (Wildman–Crippen MR) is 75.7 cm³/mol. The lowest BCUT2D eigenvalue weighted by molar-refractivity contribution is -0.118. The molecule has 1 saturated heterocycles. The van der Waals surface area contributed by atoms with Crippen molar-refractivity contribution in [3.63, 3.8) is 0 Å². The first kappa shape index (κ1) is 14.7. The Kier molecular flexibility index (Phi) is 4.25. The summed E-state index contributed by atoms with van der Waals surface area (Å²) in [6.45, 7) is 3.09. The minimum Gasteiger partial charge on any atom is -0.399 e. The topological polar surface area (TPSA) is 78.6 Å². The highest BCUT2D eigenvalue weighted by Gasteiger charge is 2.29. The van der Waals surface area contributed by atoms with Crippen molar-refractivity contribution in [2.45, 2.75) is 25.4 Å². The van der Waals surface area contributed by atoms with Crippen LogP contribution in [0.1, 0.15) is 19.8 Å². The smallest absolute Gasteiger partial charge is 0.238 e. The number of amides is 1. The van der Waals surface area contributed by atoms with Crippen LogP contribution in [-0.2, 0) is 4.79 Å². The van der Waals surface area contributed by atoms with Crippen LogP contribution in [0.15, 0.2) is 18.2 Å². The average Bonchev–Trinajstić information content (AvgIpc) is 2.32. The summed E-state index contributed by atoms with van der Waals surface area (Å²) in [5, 5.41) is 12.5. The molecule has 4 N–H and O–H groups in total. The third-order valence-electron chi connectivity index (χ3n) is 3.39. The molecule has 0 bridgehead atoms. The molecule has 1 heterocycles. The first-order valence-electron chi connectivity index (χ1n) is 6.65. The molecule has 1 aromatic carbocycles. The summed E-state index contributed by atoms with van der Waals surface area (Å²) in [7, 11) is 0. The molecule has 0 radical (unpaired) electrons. The summed E-state index contributed by atoms with van der Waals surface area (Å²) in [5.41, 5.74) is 5.27. The molecule has 1 amide bonds. The van der Waals surface area contributed by atoms with Crippen molar-refractivity contribution in [3.8, 4) is 0 Å². The number of carbonyl (C=O) groups excluding carboxylic acids is 1.